The summed E-state index contributed by atoms with van der Waals surface area (Å²) in [5, 5.41) is 8.85. The van der Waals surface area contributed by atoms with Crippen LogP contribution in [0.3, 0.4) is 0 Å². The second kappa shape index (κ2) is 5.49. The van der Waals surface area contributed by atoms with E-state index >= 15 is 0 Å². The van der Waals surface area contributed by atoms with Crippen molar-refractivity contribution < 1.29 is 14.3 Å². The summed E-state index contributed by atoms with van der Waals surface area (Å²) in [5.74, 6) is -1.54. The molecule has 1 aromatic rings. The number of alkyl halides is 1. The molecule has 0 aliphatic heterocycles. The van der Waals surface area contributed by atoms with E-state index < -0.39 is 18.6 Å². The summed E-state index contributed by atoms with van der Waals surface area (Å²) in [6, 6.07) is 7.65. The molecule has 1 atom stereocenters. The van der Waals surface area contributed by atoms with E-state index in [9.17, 15) is 9.18 Å². The maximum absolute atomic E-state index is 12.1. The van der Waals surface area contributed by atoms with Crippen molar-refractivity contribution in [2.75, 3.05) is 6.67 Å². The highest BCUT2D eigenvalue weighted by Gasteiger charge is 2.17. The van der Waals surface area contributed by atoms with Crippen molar-refractivity contribution in [3.63, 3.8) is 0 Å². The molecular formula is C12H15FO2. The molecule has 1 rings (SSSR count). The van der Waals surface area contributed by atoms with E-state index in [0.717, 1.165) is 11.1 Å². The number of carboxylic acids is 1. The van der Waals surface area contributed by atoms with Gasteiger partial charge in [0, 0.05) is 0 Å². The monoisotopic (exact) mass is 210 g/mol. The van der Waals surface area contributed by atoms with Gasteiger partial charge in [0.2, 0.25) is 0 Å². The molecule has 0 bridgehead atoms. The van der Waals surface area contributed by atoms with E-state index in [1.807, 2.05) is 31.2 Å². The van der Waals surface area contributed by atoms with E-state index in [4.69, 9.17) is 5.11 Å². The fourth-order valence-corrected chi connectivity index (χ4v) is 1.45. The van der Waals surface area contributed by atoms with Crippen LogP contribution in [0.25, 0.3) is 0 Å². The zero-order chi connectivity index (χ0) is 11.3. The number of rotatable bonds is 5. The summed E-state index contributed by atoms with van der Waals surface area (Å²) in [5.41, 5.74) is 2.08. The highest BCUT2D eigenvalue weighted by atomic mass is 19.1. The fraction of sp³-hybridized carbons (Fsp3) is 0.417. The van der Waals surface area contributed by atoms with Crippen LogP contribution < -0.4 is 0 Å². The van der Waals surface area contributed by atoms with Crippen LogP contribution in [-0.2, 0) is 11.2 Å². The summed E-state index contributed by atoms with van der Waals surface area (Å²) in [6.07, 6.45) is 0.489. The molecule has 0 aliphatic carbocycles. The van der Waals surface area contributed by atoms with Gasteiger partial charge in [-0.1, -0.05) is 29.8 Å². The van der Waals surface area contributed by atoms with Gasteiger partial charge < -0.3 is 5.11 Å². The van der Waals surface area contributed by atoms with Gasteiger partial charge in [0.1, 0.15) is 0 Å². The number of carboxylic acid groups (broad SMARTS) is 1. The third kappa shape index (κ3) is 3.70. The Labute approximate surface area is 88.7 Å². The maximum atomic E-state index is 12.1. The second-order valence-corrected chi connectivity index (χ2v) is 3.70. The van der Waals surface area contributed by atoms with E-state index in [0.29, 0.717) is 6.42 Å². The number of aryl methyl sites for hydroxylation is 1. The van der Waals surface area contributed by atoms with E-state index in [1.54, 1.807) is 0 Å². The minimum absolute atomic E-state index is 0.0865. The Morgan fingerprint density at radius 2 is 2.00 bits per heavy atom. The quantitative estimate of drug-likeness (QED) is 0.811. The van der Waals surface area contributed by atoms with Crippen molar-refractivity contribution in [3.8, 4) is 0 Å². The third-order valence-corrected chi connectivity index (χ3v) is 2.41. The predicted molar refractivity (Wildman–Crippen MR) is 56.6 cm³/mol. The summed E-state index contributed by atoms with van der Waals surface area (Å²) in [7, 11) is 0. The first-order chi connectivity index (χ1) is 7.13. The van der Waals surface area contributed by atoms with Crippen LogP contribution in [0.2, 0.25) is 0 Å². The summed E-state index contributed by atoms with van der Waals surface area (Å²) in [4.78, 5) is 10.8. The lowest BCUT2D eigenvalue weighted by molar-refractivity contribution is -0.142. The highest BCUT2D eigenvalue weighted by Crippen LogP contribution is 2.13. The SMILES string of the molecule is Cc1ccc(CC(CCF)C(=O)O)cc1. The van der Waals surface area contributed by atoms with E-state index in [1.165, 1.54) is 0 Å². The molecule has 2 nitrogen and oxygen atoms in total. The Hall–Kier alpha value is -1.38. The molecule has 0 aromatic heterocycles. The highest BCUT2D eigenvalue weighted by molar-refractivity contribution is 5.70. The van der Waals surface area contributed by atoms with Gasteiger partial charge in [-0.3, -0.25) is 9.18 Å². The van der Waals surface area contributed by atoms with Crippen LogP contribution in [0.4, 0.5) is 4.39 Å². The molecule has 0 amide bonds. The molecule has 0 saturated carbocycles. The lowest BCUT2D eigenvalue weighted by Gasteiger charge is -2.10. The zero-order valence-electron chi connectivity index (χ0n) is 8.74. The van der Waals surface area contributed by atoms with Crippen LogP contribution in [0, 0.1) is 12.8 Å². The molecule has 0 saturated heterocycles. The first-order valence-corrected chi connectivity index (χ1v) is 4.98. The van der Waals surface area contributed by atoms with Gasteiger partial charge in [0.15, 0.2) is 0 Å². The third-order valence-electron chi connectivity index (χ3n) is 2.41. The molecule has 1 aromatic carbocycles. The van der Waals surface area contributed by atoms with Crippen molar-refractivity contribution in [1.82, 2.24) is 0 Å². The molecule has 15 heavy (non-hydrogen) atoms. The van der Waals surface area contributed by atoms with Gasteiger partial charge in [0.25, 0.3) is 0 Å². The van der Waals surface area contributed by atoms with Crippen LogP contribution in [0.5, 0.6) is 0 Å². The minimum atomic E-state index is -0.923. The minimum Gasteiger partial charge on any atom is -0.481 e. The summed E-state index contributed by atoms with van der Waals surface area (Å²) < 4.78 is 12.1. The molecule has 1 N–H and O–H groups in total. The van der Waals surface area contributed by atoms with Crippen molar-refractivity contribution in [3.05, 3.63) is 35.4 Å². The average Bonchev–Trinajstić information content (AvgIpc) is 2.20. The number of benzene rings is 1. The number of carbonyl (C=O) groups is 1. The van der Waals surface area contributed by atoms with E-state index in [2.05, 4.69) is 0 Å². The van der Waals surface area contributed by atoms with Gasteiger partial charge in [-0.25, -0.2) is 0 Å². The first kappa shape index (κ1) is 11.7. The van der Waals surface area contributed by atoms with Gasteiger partial charge in [0.05, 0.1) is 12.6 Å². The molecule has 0 heterocycles. The Morgan fingerprint density at radius 3 is 2.47 bits per heavy atom. The van der Waals surface area contributed by atoms with Crippen LogP contribution in [0.1, 0.15) is 17.5 Å². The van der Waals surface area contributed by atoms with Crippen LogP contribution in [-0.4, -0.2) is 17.8 Å². The molecule has 3 heteroatoms. The van der Waals surface area contributed by atoms with Gasteiger partial charge in [-0.2, -0.15) is 0 Å². The number of aliphatic carboxylic acids is 1. The van der Waals surface area contributed by atoms with Crippen molar-refractivity contribution in [2.45, 2.75) is 19.8 Å². The van der Waals surface area contributed by atoms with Gasteiger partial charge >= 0.3 is 5.97 Å². The van der Waals surface area contributed by atoms with Crippen molar-refractivity contribution >= 4 is 5.97 Å². The average molecular weight is 210 g/mol. The topological polar surface area (TPSA) is 37.3 Å². The molecular weight excluding hydrogens is 195 g/mol. The number of halogens is 1. The van der Waals surface area contributed by atoms with E-state index in [-0.39, 0.29) is 6.42 Å². The predicted octanol–water partition coefficient (Wildman–Crippen LogP) is 2.60. The fourth-order valence-electron chi connectivity index (χ4n) is 1.45. The Bertz CT molecular complexity index is 319. The first-order valence-electron chi connectivity index (χ1n) is 4.98. The molecule has 82 valence electrons. The molecule has 0 radical (unpaired) electrons. The van der Waals surface area contributed by atoms with Crippen molar-refractivity contribution in [1.29, 1.82) is 0 Å². The summed E-state index contributed by atoms with van der Waals surface area (Å²) in [6.45, 7) is 1.39. The Kier molecular flexibility index (Phi) is 4.28. The standard InChI is InChI=1S/C12H15FO2/c1-9-2-4-10(5-3-9)8-11(6-7-13)12(14)15/h2-5,11H,6-8H2,1H3,(H,14,15). The van der Waals surface area contributed by atoms with Gasteiger partial charge in [-0.05, 0) is 25.3 Å². The lowest BCUT2D eigenvalue weighted by Crippen LogP contribution is -2.17. The normalized spacial score (nSPS) is 12.4. The lowest BCUT2D eigenvalue weighted by atomic mass is 9.96. The molecule has 0 spiro atoms. The smallest absolute Gasteiger partial charge is 0.306 e. The van der Waals surface area contributed by atoms with Crippen molar-refractivity contribution in [2.24, 2.45) is 5.92 Å². The number of hydrogen-bond donors (Lipinski definition) is 1. The Balaban J connectivity index is 2.65. The Morgan fingerprint density at radius 1 is 1.40 bits per heavy atom. The van der Waals surface area contributed by atoms with Gasteiger partial charge in [-0.15, -0.1) is 0 Å². The number of hydrogen-bond acceptors (Lipinski definition) is 1. The largest absolute Gasteiger partial charge is 0.481 e. The zero-order valence-corrected chi connectivity index (χ0v) is 8.74. The molecule has 1 unspecified atom stereocenters. The maximum Gasteiger partial charge on any atom is 0.306 e. The van der Waals surface area contributed by atoms with Crippen LogP contribution in [0.15, 0.2) is 24.3 Å². The van der Waals surface area contributed by atoms with Crippen LogP contribution >= 0.6 is 0 Å². The second-order valence-electron chi connectivity index (χ2n) is 3.70. The summed E-state index contributed by atoms with van der Waals surface area (Å²) >= 11 is 0. The molecule has 0 aliphatic rings. The molecule has 0 fully saturated rings.